The summed E-state index contributed by atoms with van der Waals surface area (Å²) in [7, 11) is -9.40. The van der Waals surface area contributed by atoms with Gasteiger partial charge < -0.3 is 19.5 Å². The highest BCUT2D eigenvalue weighted by atomic mass is 35.5. The number of carbonyl (C=O) groups is 3. The van der Waals surface area contributed by atoms with E-state index in [-0.39, 0.29) is 45.4 Å². The maximum absolute atomic E-state index is 13.9. The number of para-hydroxylation sites is 2. The molecule has 360 valence electrons. The van der Waals surface area contributed by atoms with Crippen LogP contribution in [0.15, 0.2) is 125 Å². The number of hydrogen-bond acceptors (Lipinski definition) is 14. The highest BCUT2D eigenvalue weighted by Crippen LogP contribution is 2.29. The minimum Gasteiger partial charge on any atom is -0.460 e. The number of benzene rings is 4. The molecular weight excluding hydrogens is 934 g/mol. The molecule has 2 amide bonds. The summed E-state index contributed by atoms with van der Waals surface area (Å²) in [5, 5.41) is 26.6. The van der Waals surface area contributed by atoms with Gasteiger partial charge in [-0.1, -0.05) is 103 Å². The maximum Gasteiger partial charge on any atom is 0.424 e. The maximum atomic E-state index is 13.9. The highest BCUT2D eigenvalue weighted by Gasteiger charge is 2.36. The van der Waals surface area contributed by atoms with E-state index in [2.05, 4.69) is 10.0 Å². The molecule has 0 bridgehead atoms. The Morgan fingerprint density at radius 2 is 1.31 bits per heavy atom. The molecule has 2 N–H and O–H groups in total. The molecular formula is C45H52ClN5O14S2. The molecule has 0 aromatic heterocycles. The number of nitrogens with one attached hydrogen (secondary N) is 2. The highest BCUT2D eigenvalue weighted by molar-refractivity contribution is 7.90. The van der Waals surface area contributed by atoms with Crippen LogP contribution in [0.1, 0.15) is 70.4 Å². The van der Waals surface area contributed by atoms with Crippen molar-refractivity contribution in [2.75, 3.05) is 13.1 Å². The Morgan fingerprint density at radius 3 is 1.96 bits per heavy atom. The van der Waals surface area contributed by atoms with Crippen LogP contribution in [0.25, 0.3) is 0 Å². The Kier molecular flexibility index (Phi) is 19.8. The van der Waals surface area contributed by atoms with Gasteiger partial charge in [0.25, 0.3) is 21.4 Å². The molecule has 2 atom stereocenters. The Morgan fingerprint density at radius 1 is 0.731 bits per heavy atom. The van der Waals surface area contributed by atoms with Crippen molar-refractivity contribution < 1.29 is 55.3 Å². The number of hydrogen-bond donors (Lipinski definition) is 2. The van der Waals surface area contributed by atoms with E-state index in [1.54, 1.807) is 75.4 Å². The molecule has 67 heavy (non-hydrogen) atoms. The average Bonchev–Trinajstić information content (AvgIpc) is 3.28. The summed E-state index contributed by atoms with van der Waals surface area (Å²) < 4.78 is 74.3. The fourth-order valence-corrected chi connectivity index (χ4v) is 9.49. The minimum atomic E-state index is -4.86. The van der Waals surface area contributed by atoms with Crippen LogP contribution >= 0.6 is 11.6 Å². The first-order valence-electron chi connectivity index (χ1n) is 21.0. The number of sulfonamides is 2. The van der Waals surface area contributed by atoms with E-state index in [0.29, 0.717) is 33.3 Å². The van der Waals surface area contributed by atoms with E-state index < -0.39 is 93.3 Å². The summed E-state index contributed by atoms with van der Waals surface area (Å²) in [5.74, 6) is -1.77. The molecule has 22 heteroatoms. The van der Waals surface area contributed by atoms with Crippen molar-refractivity contribution in [3.05, 3.63) is 152 Å². The zero-order valence-electron chi connectivity index (χ0n) is 36.9. The monoisotopic (exact) mass is 985 g/mol. The zero-order chi connectivity index (χ0) is 49.2. The molecule has 0 heterocycles. The number of esters is 1. The van der Waals surface area contributed by atoms with E-state index >= 15 is 0 Å². The van der Waals surface area contributed by atoms with Crippen LogP contribution in [0.4, 0.5) is 21.0 Å². The normalized spacial score (nSPS) is 12.7. The predicted molar refractivity (Wildman–Crippen MR) is 247 cm³/mol. The number of amides is 2. The summed E-state index contributed by atoms with van der Waals surface area (Å²) in [5.41, 5.74) is -1.22. The smallest absolute Gasteiger partial charge is 0.424 e. The number of ether oxygens (including phenoxy) is 3. The molecule has 0 fully saturated rings. The van der Waals surface area contributed by atoms with Crippen molar-refractivity contribution in [2.45, 2.75) is 93.9 Å². The molecule has 0 aliphatic heterocycles. The first kappa shape index (κ1) is 53.2. The largest absolute Gasteiger partial charge is 0.460 e. The van der Waals surface area contributed by atoms with Crippen molar-refractivity contribution in [3.63, 3.8) is 0 Å². The quantitative estimate of drug-likeness (QED) is 0.0166. The Hall–Kier alpha value is -6.42. The van der Waals surface area contributed by atoms with Crippen LogP contribution in [0.3, 0.4) is 0 Å². The standard InChI is InChI=1S/C45H52ClN5O14S2/c1-45(2,3)65-42(52)34(19-14-16-30-49(44(54)64-31-33-17-5-4-6-18-33)67(61,62)41-26-12-10-24-39(41)51(57)58)27-28-36(48-66(59,60)40-25-11-9-23-38(40)50(55)56)21-13-15-29-47-43(53)63-32-35-20-7-8-22-37(35)46/h4-12,17-18,20,22-28,34,36,48H,13-16,19,21,29-32H2,1-3H3,(H,47,53)/b28-27+/t34-,36+/m1/s1. The van der Waals surface area contributed by atoms with Crippen LogP contribution in [0, 0.1) is 26.1 Å². The molecule has 0 aliphatic carbocycles. The lowest BCUT2D eigenvalue weighted by molar-refractivity contribution is -0.388. The van der Waals surface area contributed by atoms with Gasteiger partial charge in [0, 0.05) is 41.9 Å². The van der Waals surface area contributed by atoms with Crippen LogP contribution in [0.2, 0.25) is 5.02 Å². The third-order valence-electron chi connectivity index (χ3n) is 9.64. The summed E-state index contributed by atoms with van der Waals surface area (Å²) in [6.07, 6.45) is 1.59. The van der Waals surface area contributed by atoms with Crippen LogP contribution in [0.5, 0.6) is 0 Å². The molecule has 0 saturated carbocycles. The number of carbonyl (C=O) groups excluding carboxylic acids is 3. The zero-order valence-corrected chi connectivity index (χ0v) is 39.3. The lowest BCUT2D eigenvalue weighted by atomic mass is 9.99. The van der Waals surface area contributed by atoms with E-state index in [1.165, 1.54) is 36.4 Å². The number of nitro benzene ring substituents is 2. The molecule has 4 rings (SSSR count). The van der Waals surface area contributed by atoms with E-state index in [4.69, 9.17) is 25.8 Å². The van der Waals surface area contributed by atoms with Crippen molar-refractivity contribution in [1.29, 1.82) is 0 Å². The lowest BCUT2D eigenvalue weighted by Crippen LogP contribution is -2.38. The molecule has 19 nitrogen and oxygen atoms in total. The number of unbranched alkanes of at least 4 members (excludes halogenated alkanes) is 2. The van der Waals surface area contributed by atoms with Gasteiger partial charge in [-0.05, 0) is 76.6 Å². The average molecular weight is 987 g/mol. The molecule has 0 aliphatic rings. The number of alkyl carbamates (subject to hydrolysis) is 1. The minimum absolute atomic E-state index is 0.00625. The fourth-order valence-electron chi connectivity index (χ4n) is 6.39. The van der Waals surface area contributed by atoms with Crippen LogP contribution in [-0.2, 0) is 52.3 Å². The van der Waals surface area contributed by atoms with Gasteiger partial charge in [0.2, 0.25) is 10.0 Å². The van der Waals surface area contributed by atoms with Crippen LogP contribution < -0.4 is 10.0 Å². The second-order valence-electron chi connectivity index (χ2n) is 15.9. The summed E-state index contributed by atoms with van der Waals surface area (Å²) in [6.45, 7) is 4.19. The Labute approximate surface area is 393 Å². The molecule has 0 spiro atoms. The molecule has 0 unspecified atom stereocenters. The molecule has 0 radical (unpaired) electrons. The van der Waals surface area contributed by atoms with Gasteiger partial charge in [-0.2, -0.15) is 0 Å². The SMILES string of the molecule is CC(C)(C)OC(=O)[C@@H](/C=C/[C@H](CCCCNC(=O)OCc1ccccc1Cl)NS(=O)(=O)c1ccccc1[N+](=O)[O-])CCCCN(C(=O)OCc1ccccc1)S(=O)(=O)c1ccccc1[N+](=O)[O-]. The van der Waals surface area contributed by atoms with Gasteiger partial charge >= 0.3 is 18.2 Å². The summed E-state index contributed by atoms with van der Waals surface area (Å²) in [4.78, 5) is 60.0. The van der Waals surface area contributed by atoms with Crippen molar-refractivity contribution in [2.24, 2.45) is 5.92 Å². The molecule has 4 aromatic rings. The predicted octanol–water partition coefficient (Wildman–Crippen LogP) is 8.61. The first-order valence-corrected chi connectivity index (χ1v) is 24.3. The van der Waals surface area contributed by atoms with Crippen molar-refractivity contribution in [3.8, 4) is 0 Å². The van der Waals surface area contributed by atoms with Crippen LogP contribution in [-0.4, -0.2) is 73.9 Å². The van der Waals surface area contributed by atoms with Gasteiger partial charge in [-0.15, -0.1) is 0 Å². The van der Waals surface area contributed by atoms with Gasteiger partial charge in [0.15, 0.2) is 9.79 Å². The van der Waals surface area contributed by atoms with Crippen molar-refractivity contribution in [1.82, 2.24) is 14.3 Å². The van der Waals surface area contributed by atoms with E-state index in [1.807, 2.05) is 0 Å². The van der Waals surface area contributed by atoms with Gasteiger partial charge in [0.05, 0.1) is 15.8 Å². The van der Waals surface area contributed by atoms with Gasteiger partial charge in [-0.25, -0.2) is 35.5 Å². The van der Waals surface area contributed by atoms with Gasteiger partial charge in [0.1, 0.15) is 18.8 Å². The number of halogens is 1. The number of rotatable bonds is 24. The molecule has 0 saturated heterocycles. The Balaban J connectivity index is 1.54. The topological polar surface area (TPSA) is 261 Å². The number of nitro groups is 2. The van der Waals surface area contributed by atoms with E-state index in [0.717, 1.165) is 24.3 Å². The molecule has 4 aromatic carbocycles. The van der Waals surface area contributed by atoms with Gasteiger partial charge in [-0.3, -0.25) is 25.0 Å². The summed E-state index contributed by atoms with van der Waals surface area (Å²) in [6, 6.07) is 23.6. The van der Waals surface area contributed by atoms with Crippen molar-refractivity contribution >= 4 is 61.2 Å². The summed E-state index contributed by atoms with van der Waals surface area (Å²) >= 11 is 6.13. The number of nitrogens with zero attached hydrogens (tertiary/aromatic N) is 3. The van der Waals surface area contributed by atoms with E-state index in [9.17, 15) is 51.4 Å². The third kappa shape index (κ3) is 16.8. The second kappa shape index (κ2) is 24.9. The second-order valence-corrected chi connectivity index (χ2v) is 19.8. The third-order valence-corrected chi connectivity index (χ3v) is 13.4. The first-order chi connectivity index (χ1) is 31.7. The Bertz CT molecular complexity index is 2610. The lowest BCUT2D eigenvalue weighted by Gasteiger charge is -2.24. The fraction of sp³-hybridized carbons (Fsp3) is 0.356.